The zero-order valence-electron chi connectivity index (χ0n) is 11.8. The molecule has 1 aliphatic heterocycles. The van der Waals surface area contributed by atoms with Gasteiger partial charge in [0.25, 0.3) is 0 Å². The van der Waals surface area contributed by atoms with Crippen molar-refractivity contribution < 1.29 is 9.13 Å². The van der Waals surface area contributed by atoms with E-state index in [1.807, 2.05) is 0 Å². The standard InChI is InChI=1S/C15H23FN2O/c1-12(18-7-3-4-8-18)10-17-11-13-5-6-14(19-2)9-15(13)16/h5-6,9,12,17H,3-4,7-8,10-11H2,1-2H3. The van der Waals surface area contributed by atoms with Crippen LogP contribution in [-0.4, -0.2) is 37.7 Å². The summed E-state index contributed by atoms with van der Waals surface area (Å²) in [6, 6.07) is 5.52. The molecule has 2 rings (SSSR count). The quantitative estimate of drug-likeness (QED) is 0.855. The Balaban J connectivity index is 1.78. The molecule has 0 saturated carbocycles. The SMILES string of the molecule is COc1ccc(CNCC(C)N2CCCC2)c(F)c1. The fourth-order valence-electron chi connectivity index (χ4n) is 2.53. The van der Waals surface area contributed by atoms with Gasteiger partial charge in [0.15, 0.2) is 0 Å². The Bertz CT molecular complexity index is 405. The fourth-order valence-corrected chi connectivity index (χ4v) is 2.53. The van der Waals surface area contributed by atoms with E-state index in [2.05, 4.69) is 17.1 Å². The largest absolute Gasteiger partial charge is 0.497 e. The zero-order valence-corrected chi connectivity index (χ0v) is 11.8. The van der Waals surface area contributed by atoms with Crippen molar-refractivity contribution in [3.63, 3.8) is 0 Å². The van der Waals surface area contributed by atoms with Crippen LogP contribution in [0.1, 0.15) is 25.3 Å². The number of hydrogen-bond donors (Lipinski definition) is 1. The lowest BCUT2D eigenvalue weighted by atomic mass is 10.2. The van der Waals surface area contributed by atoms with Crippen molar-refractivity contribution in [3.8, 4) is 5.75 Å². The highest BCUT2D eigenvalue weighted by Gasteiger charge is 2.17. The van der Waals surface area contributed by atoms with E-state index in [1.165, 1.54) is 32.0 Å². The lowest BCUT2D eigenvalue weighted by molar-refractivity contribution is 0.251. The van der Waals surface area contributed by atoms with Crippen LogP contribution in [0.2, 0.25) is 0 Å². The number of benzene rings is 1. The Labute approximate surface area is 114 Å². The first kappa shape index (κ1) is 14.3. The maximum absolute atomic E-state index is 13.7. The van der Waals surface area contributed by atoms with Gasteiger partial charge in [0.05, 0.1) is 7.11 Å². The minimum atomic E-state index is -0.208. The van der Waals surface area contributed by atoms with Gasteiger partial charge in [-0.2, -0.15) is 0 Å². The number of nitrogens with zero attached hydrogens (tertiary/aromatic N) is 1. The minimum Gasteiger partial charge on any atom is -0.497 e. The average molecular weight is 266 g/mol. The molecule has 106 valence electrons. The molecule has 0 spiro atoms. The lowest BCUT2D eigenvalue weighted by Gasteiger charge is -2.24. The molecule has 1 N–H and O–H groups in total. The van der Waals surface area contributed by atoms with Gasteiger partial charge in [-0.3, -0.25) is 4.90 Å². The van der Waals surface area contributed by atoms with E-state index in [9.17, 15) is 4.39 Å². The summed E-state index contributed by atoms with van der Waals surface area (Å²) in [5.74, 6) is 0.354. The van der Waals surface area contributed by atoms with Gasteiger partial charge in [-0.15, -0.1) is 0 Å². The monoisotopic (exact) mass is 266 g/mol. The highest BCUT2D eigenvalue weighted by molar-refractivity contribution is 5.28. The number of nitrogens with one attached hydrogen (secondary N) is 1. The second-order valence-electron chi connectivity index (χ2n) is 5.18. The maximum Gasteiger partial charge on any atom is 0.131 e. The van der Waals surface area contributed by atoms with Crippen LogP contribution < -0.4 is 10.1 Å². The van der Waals surface area contributed by atoms with Crippen molar-refractivity contribution in [2.75, 3.05) is 26.7 Å². The summed E-state index contributed by atoms with van der Waals surface area (Å²) in [6.07, 6.45) is 2.61. The molecule has 1 fully saturated rings. The smallest absolute Gasteiger partial charge is 0.131 e. The summed E-state index contributed by atoms with van der Waals surface area (Å²) in [5.41, 5.74) is 0.689. The molecule has 1 aromatic carbocycles. The first-order chi connectivity index (χ1) is 9.20. The van der Waals surface area contributed by atoms with Crippen LogP contribution in [0.5, 0.6) is 5.75 Å². The van der Waals surface area contributed by atoms with Crippen LogP contribution in [0, 0.1) is 5.82 Å². The summed E-state index contributed by atoms with van der Waals surface area (Å²) in [7, 11) is 1.55. The van der Waals surface area contributed by atoms with Gasteiger partial charge in [-0.25, -0.2) is 4.39 Å². The molecular formula is C15H23FN2O. The molecule has 1 atom stereocenters. The molecule has 0 bridgehead atoms. The lowest BCUT2D eigenvalue weighted by Crippen LogP contribution is -2.38. The molecule has 1 unspecified atom stereocenters. The van der Waals surface area contributed by atoms with Crippen molar-refractivity contribution in [1.82, 2.24) is 10.2 Å². The van der Waals surface area contributed by atoms with Gasteiger partial charge in [0, 0.05) is 30.8 Å². The second kappa shape index (κ2) is 6.87. The Morgan fingerprint density at radius 2 is 2.11 bits per heavy atom. The highest BCUT2D eigenvalue weighted by atomic mass is 19.1. The summed E-state index contributed by atoms with van der Waals surface area (Å²) in [6.45, 7) is 6.07. The van der Waals surface area contributed by atoms with E-state index >= 15 is 0 Å². The Hall–Kier alpha value is -1.13. The molecular weight excluding hydrogens is 243 g/mol. The molecule has 0 amide bonds. The molecule has 19 heavy (non-hydrogen) atoms. The summed E-state index contributed by atoms with van der Waals surface area (Å²) >= 11 is 0. The van der Waals surface area contributed by atoms with Crippen LogP contribution >= 0.6 is 0 Å². The minimum absolute atomic E-state index is 0.208. The van der Waals surface area contributed by atoms with Gasteiger partial charge in [0.2, 0.25) is 0 Å². The molecule has 1 aliphatic rings. The van der Waals surface area contributed by atoms with E-state index in [0.29, 0.717) is 23.9 Å². The third-order valence-corrected chi connectivity index (χ3v) is 3.78. The predicted molar refractivity (Wildman–Crippen MR) is 74.9 cm³/mol. The second-order valence-corrected chi connectivity index (χ2v) is 5.18. The molecule has 1 saturated heterocycles. The van der Waals surface area contributed by atoms with E-state index in [4.69, 9.17) is 4.74 Å². The van der Waals surface area contributed by atoms with Gasteiger partial charge >= 0.3 is 0 Å². The van der Waals surface area contributed by atoms with E-state index < -0.39 is 0 Å². The zero-order chi connectivity index (χ0) is 13.7. The predicted octanol–water partition coefficient (Wildman–Crippen LogP) is 2.41. The van der Waals surface area contributed by atoms with Crippen LogP contribution in [0.4, 0.5) is 4.39 Å². The Morgan fingerprint density at radius 3 is 2.74 bits per heavy atom. The molecule has 0 aromatic heterocycles. The van der Waals surface area contributed by atoms with Gasteiger partial charge < -0.3 is 10.1 Å². The van der Waals surface area contributed by atoms with Crippen molar-refractivity contribution in [3.05, 3.63) is 29.6 Å². The van der Waals surface area contributed by atoms with Crippen molar-refractivity contribution >= 4 is 0 Å². The first-order valence-corrected chi connectivity index (χ1v) is 6.98. The molecule has 4 heteroatoms. The van der Waals surface area contributed by atoms with Crippen molar-refractivity contribution in [1.29, 1.82) is 0 Å². The number of ether oxygens (including phenoxy) is 1. The molecule has 1 aromatic rings. The summed E-state index contributed by atoms with van der Waals surface area (Å²) in [4.78, 5) is 2.48. The van der Waals surface area contributed by atoms with Crippen LogP contribution in [-0.2, 0) is 6.54 Å². The highest BCUT2D eigenvalue weighted by Crippen LogP contribution is 2.16. The van der Waals surface area contributed by atoms with Crippen LogP contribution in [0.3, 0.4) is 0 Å². The number of likely N-dealkylation sites (tertiary alicyclic amines) is 1. The number of rotatable bonds is 6. The van der Waals surface area contributed by atoms with Gasteiger partial charge in [0.1, 0.15) is 11.6 Å². The molecule has 0 aliphatic carbocycles. The maximum atomic E-state index is 13.7. The number of methoxy groups -OCH3 is 1. The Kier molecular flexibility index (Phi) is 5.16. The average Bonchev–Trinajstić information content (AvgIpc) is 2.94. The normalized spacial score (nSPS) is 17.6. The molecule has 1 heterocycles. The van der Waals surface area contributed by atoms with Crippen LogP contribution in [0.25, 0.3) is 0 Å². The van der Waals surface area contributed by atoms with Crippen molar-refractivity contribution in [2.45, 2.75) is 32.4 Å². The van der Waals surface area contributed by atoms with E-state index in [-0.39, 0.29) is 5.82 Å². The van der Waals surface area contributed by atoms with Gasteiger partial charge in [-0.1, -0.05) is 6.07 Å². The van der Waals surface area contributed by atoms with E-state index in [1.54, 1.807) is 19.2 Å². The summed E-state index contributed by atoms with van der Waals surface area (Å²) in [5, 5.41) is 3.33. The third kappa shape index (κ3) is 3.91. The first-order valence-electron chi connectivity index (χ1n) is 6.98. The number of hydrogen-bond acceptors (Lipinski definition) is 3. The third-order valence-electron chi connectivity index (χ3n) is 3.78. The van der Waals surface area contributed by atoms with Gasteiger partial charge in [-0.05, 0) is 38.9 Å². The van der Waals surface area contributed by atoms with Crippen LogP contribution in [0.15, 0.2) is 18.2 Å². The summed E-state index contributed by atoms with van der Waals surface area (Å²) < 4.78 is 18.7. The molecule has 3 nitrogen and oxygen atoms in total. The topological polar surface area (TPSA) is 24.5 Å². The Morgan fingerprint density at radius 1 is 1.37 bits per heavy atom. The molecule has 0 radical (unpaired) electrons. The van der Waals surface area contributed by atoms with E-state index in [0.717, 1.165) is 6.54 Å². The van der Waals surface area contributed by atoms with Crippen molar-refractivity contribution in [2.24, 2.45) is 0 Å². The number of halogens is 1. The fraction of sp³-hybridized carbons (Fsp3) is 0.600.